The number of rotatable bonds is 2. The minimum atomic E-state index is -2.03. The molecule has 0 aliphatic rings. The molecule has 0 aliphatic carbocycles. The lowest BCUT2D eigenvalue weighted by atomic mass is 10.8. The van der Waals surface area contributed by atoms with Gasteiger partial charge >= 0.3 is 6.03 Å². The highest BCUT2D eigenvalue weighted by Crippen LogP contribution is 1.87. The summed E-state index contributed by atoms with van der Waals surface area (Å²) >= 11 is 0. The SMILES string of the molecule is NC(=O)N(CO)C(O)O. The molecule has 0 atom stereocenters. The highest BCUT2D eigenvalue weighted by atomic mass is 16.5. The van der Waals surface area contributed by atoms with Crippen molar-refractivity contribution in [2.45, 2.75) is 6.41 Å². The van der Waals surface area contributed by atoms with Crippen molar-refractivity contribution in [1.82, 2.24) is 4.90 Å². The summed E-state index contributed by atoms with van der Waals surface area (Å²) in [6.07, 6.45) is -2.03. The van der Waals surface area contributed by atoms with Gasteiger partial charge in [-0.1, -0.05) is 0 Å². The molecule has 0 spiro atoms. The van der Waals surface area contributed by atoms with Gasteiger partial charge in [-0.25, -0.2) is 4.79 Å². The van der Waals surface area contributed by atoms with Crippen LogP contribution >= 0.6 is 0 Å². The predicted molar refractivity (Wildman–Crippen MR) is 26.7 cm³/mol. The maximum Gasteiger partial charge on any atom is 0.320 e. The maximum atomic E-state index is 10.0. The molecule has 0 aromatic rings. The summed E-state index contributed by atoms with van der Waals surface area (Å²) in [5.74, 6) is 0. The van der Waals surface area contributed by atoms with Crippen molar-refractivity contribution in [3.05, 3.63) is 0 Å². The van der Waals surface area contributed by atoms with E-state index in [1.165, 1.54) is 0 Å². The molecule has 0 fully saturated rings. The Labute approximate surface area is 51.1 Å². The second-order valence-corrected chi connectivity index (χ2v) is 1.30. The molecule has 0 aromatic carbocycles. The van der Waals surface area contributed by atoms with Gasteiger partial charge in [-0.15, -0.1) is 0 Å². The number of aliphatic hydroxyl groups is 3. The minimum absolute atomic E-state index is 0.264. The summed E-state index contributed by atoms with van der Waals surface area (Å²) in [4.78, 5) is 10.3. The fourth-order valence-corrected chi connectivity index (χ4v) is 0.257. The van der Waals surface area contributed by atoms with Gasteiger partial charge in [0.15, 0.2) is 0 Å². The first kappa shape index (κ1) is 8.15. The lowest BCUT2D eigenvalue weighted by Crippen LogP contribution is -2.43. The molecule has 54 valence electrons. The van der Waals surface area contributed by atoms with Crippen LogP contribution in [0.4, 0.5) is 4.79 Å². The van der Waals surface area contributed by atoms with Crippen molar-refractivity contribution in [2.24, 2.45) is 5.73 Å². The largest absolute Gasteiger partial charge is 0.376 e. The molecule has 0 heterocycles. The first-order valence-electron chi connectivity index (χ1n) is 2.12. The van der Waals surface area contributed by atoms with Crippen molar-refractivity contribution < 1.29 is 20.1 Å². The predicted octanol–water partition coefficient (Wildman–Crippen LogP) is -2.41. The summed E-state index contributed by atoms with van der Waals surface area (Å²) in [5, 5.41) is 24.6. The van der Waals surface area contributed by atoms with Crippen molar-refractivity contribution in [3.63, 3.8) is 0 Å². The molecule has 0 saturated heterocycles. The molecule has 0 unspecified atom stereocenters. The van der Waals surface area contributed by atoms with E-state index < -0.39 is 19.2 Å². The van der Waals surface area contributed by atoms with Crippen LogP contribution in [-0.4, -0.2) is 39.4 Å². The molecule has 9 heavy (non-hydrogen) atoms. The van der Waals surface area contributed by atoms with E-state index in [0.717, 1.165) is 0 Å². The molecule has 0 bridgehead atoms. The molecular formula is C3H8N2O4. The zero-order valence-electron chi connectivity index (χ0n) is 4.56. The van der Waals surface area contributed by atoms with Gasteiger partial charge in [0.2, 0.25) is 6.41 Å². The van der Waals surface area contributed by atoms with Crippen molar-refractivity contribution in [1.29, 1.82) is 0 Å². The normalized spacial score (nSPS) is 9.78. The Morgan fingerprint density at radius 2 is 2.11 bits per heavy atom. The molecule has 0 aliphatic heterocycles. The first-order valence-corrected chi connectivity index (χ1v) is 2.12. The Morgan fingerprint density at radius 3 is 2.11 bits per heavy atom. The molecule has 0 rings (SSSR count). The number of hydrogen-bond acceptors (Lipinski definition) is 4. The van der Waals surface area contributed by atoms with E-state index in [-0.39, 0.29) is 4.90 Å². The Balaban J connectivity index is 3.83. The first-order chi connectivity index (χ1) is 4.09. The van der Waals surface area contributed by atoms with Crippen molar-refractivity contribution in [2.75, 3.05) is 6.73 Å². The number of hydrogen-bond donors (Lipinski definition) is 4. The van der Waals surface area contributed by atoms with Crippen molar-refractivity contribution >= 4 is 6.03 Å². The number of primary amides is 1. The Kier molecular flexibility index (Phi) is 2.93. The fraction of sp³-hybridized carbons (Fsp3) is 0.667. The van der Waals surface area contributed by atoms with Crippen LogP contribution in [0.25, 0.3) is 0 Å². The van der Waals surface area contributed by atoms with Crippen LogP contribution in [0.1, 0.15) is 0 Å². The van der Waals surface area contributed by atoms with Crippen LogP contribution in [0.3, 0.4) is 0 Å². The van der Waals surface area contributed by atoms with E-state index >= 15 is 0 Å². The Morgan fingerprint density at radius 1 is 1.67 bits per heavy atom. The van der Waals surface area contributed by atoms with Gasteiger partial charge in [-0.3, -0.25) is 4.90 Å². The number of carbonyl (C=O) groups excluding carboxylic acids is 1. The molecule has 2 amide bonds. The van der Waals surface area contributed by atoms with E-state index in [1.54, 1.807) is 0 Å². The lowest BCUT2D eigenvalue weighted by Gasteiger charge is -2.17. The summed E-state index contributed by atoms with van der Waals surface area (Å²) < 4.78 is 0. The van der Waals surface area contributed by atoms with Gasteiger partial charge in [0, 0.05) is 0 Å². The van der Waals surface area contributed by atoms with Gasteiger partial charge < -0.3 is 21.1 Å². The molecule has 0 radical (unpaired) electrons. The third kappa shape index (κ3) is 2.27. The van der Waals surface area contributed by atoms with Crippen LogP contribution in [-0.2, 0) is 0 Å². The smallest absolute Gasteiger partial charge is 0.320 e. The zero-order valence-corrected chi connectivity index (χ0v) is 4.56. The number of nitrogens with zero attached hydrogens (tertiary/aromatic N) is 1. The monoisotopic (exact) mass is 136 g/mol. The molecule has 0 saturated carbocycles. The summed E-state index contributed by atoms with van der Waals surface area (Å²) in [5.41, 5.74) is 4.56. The topological polar surface area (TPSA) is 107 Å². The van der Waals surface area contributed by atoms with Crippen LogP contribution in [0.2, 0.25) is 0 Å². The van der Waals surface area contributed by atoms with Gasteiger partial charge in [-0.2, -0.15) is 0 Å². The minimum Gasteiger partial charge on any atom is -0.376 e. The Bertz CT molecular complexity index is 104. The van der Waals surface area contributed by atoms with Crippen LogP contribution in [0.5, 0.6) is 0 Å². The molecule has 0 aromatic heterocycles. The summed E-state index contributed by atoms with van der Waals surface area (Å²) in [7, 11) is 0. The van der Waals surface area contributed by atoms with E-state index in [1.807, 2.05) is 0 Å². The fourth-order valence-electron chi connectivity index (χ4n) is 0.257. The third-order valence-corrected chi connectivity index (χ3v) is 0.714. The molecule has 5 N–H and O–H groups in total. The standard InChI is InChI=1S/C3H8N2O4/c4-2(7)5(1-6)3(8)9/h3,6,8-9H,1H2,(H2,4,7). The average molecular weight is 136 g/mol. The van der Waals surface area contributed by atoms with Gasteiger partial charge in [0.05, 0.1) is 0 Å². The second-order valence-electron chi connectivity index (χ2n) is 1.30. The van der Waals surface area contributed by atoms with Crippen LogP contribution in [0.15, 0.2) is 0 Å². The third-order valence-electron chi connectivity index (χ3n) is 0.714. The van der Waals surface area contributed by atoms with Gasteiger partial charge in [0.1, 0.15) is 6.73 Å². The molecule has 6 nitrogen and oxygen atoms in total. The van der Waals surface area contributed by atoms with E-state index in [2.05, 4.69) is 5.73 Å². The van der Waals surface area contributed by atoms with Crippen molar-refractivity contribution in [3.8, 4) is 0 Å². The number of amides is 2. The molecular weight excluding hydrogens is 128 g/mol. The van der Waals surface area contributed by atoms with Gasteiger partial charge in [-0.05, 0) is 0 Å². The number of urea groups is 1. The lowest BCUT2D eigenvalue weighted by molar-refractivity contribution is -0.151. The summed E-state index contributed by atoms with van der Waals surface area (Å²) in [6.45, 7) is -0.812. The molecule has 6 heteroatoms. The average Bonchev–Trinajstić information content (AvgIpc) is 1.64. The highest BCUT2D eigenvalue weighted by molar-refractivity contribution is 5.71. The Hall–Kier alpha value is -0.850. The number of aliphatic hydroxyl groups excluding tert-OH is 2. The van der Waals surface area contributed by atoms with Crippen LogP contribution in [0, 0.1) is 0 Å². The zero-order chi connectivity index (χ0) is 7.44. The maximum absolute atomic E-state index is 10.0. The van der Waals surface area contributed by atoms with E-state index in [0.29, 0.717) is 0 Å². The van der Waals surface area contributed by atoms with Crippen LogP contribution < -0.4 is 5.73 Å². The quantitative estimate of drug-likeness (QED) is 0.317. The number of nitrogens with two attached hydrogens (primary N) is 1. The second kappa shape index (κ2) is 3.23. The summed E-state index contributed by atoms with van der Waals surface area (Å²) in [6, 6.07) is -1.09. The van der Waals surface area contributed by atoms with Gasteiger partial charge in [0.25, 0.3) is 0 Å². The highest BCUT2D eigenvalue weighted by Gasteiger charge is 2.13. The number of carbonyl (C=O) groups is 1. The van der Waals surface area contributed by atoms with E-state index in [9.17, 15) is 4.79 Å². The van der Waals surface area contributed by atoms with E-state index in [4.69, 9.17) is 15.3 Å².